The van der Waals surface area contributed by atoms with Crippen molar-refractivity contribution in [2.24, 2.45) is 0 Å². The van der Waals surface area contributed by atoms with Gasteiger partial charge in [-0.05, 0) is 13.3 Å². The second-order valence-electron chi connectivity index (χ2n) is 3.47. The fourth-order valence-corrected chi connectivity index (χ4v) is 1.42. The Bertz CT molecular complexity index is 492. The first-order chi connectivity index (χ1) is 7.74. The molecule has 5 nitrogen and oxygen atoms in total. The predicted octanol–water partition coefficient (Wildman–Crippen LogP) is 1.54. The summed E-state index contributed by atoms with van der Waals surface area (Å²) in [5, 5.41) is 0. The van der Waals surface area contributed by atoms with Gasteiger partial charge in [-0.1, -0.05) is 6.92 Å². The zero-order chi connectivity index (χ0) is 11.5. The topological polar surface area (TPSA) is 52.8 Å². The highest BCUT2D eigenvalue weighted by Gasteiger charge is 2.09. The molecule has 0 radical (unpaired) electrons. The first kappa shape index (κ1) is 10.6. The predicted molar refractivity (Wildman–Crippen MR) is 59.8 cm³/mol. The minimum Gasteiger partial charge on any atom is -0.478 e. The number of aryl methyl sites for hydroxylation is 2. The first-order valence-corrected chi connectivity index (χ1v) is 5.15. The normalized spacial score (nSPS) is 10.4. The maximum absolute atomic E-state index is 5.23. The molecule has 16 heavy (non-hydrogen) atoms. The van der Waals surface area contributed by atoms with Crippen LogP contribution in [0.25, 0.3) is 5.82 Å². The Hall–Kier alpha value is -1.91. The van der Waals surface area contributed by atoms with Crippen molar-refractivity contribution in [3.63, 3.8) is 0 Å². The lowest BCUT2D eigenvalue weighted by Gasteiger charge is -2.07. The van der Waals surface area contributed by atoms with Gasteiger partial charge in [0, 0.05) is 6.20 Å². The van der Waals surface area contributed by atoms with Crippen molar-refractivity contribution in [3.05, 3.63) is 30.1 Å². The quantitative estimate of drug-likeness (QED) is 0.784. The number of hydrogen-bond acceptors (Lipinski definition) is 4. The van der Waals surface area contributed by atoms with Crippen LogP contribution in [-0.2, 0) is 6.42 Å². The van der Waals surface area contributed by atoms with Crippen molar-refractivity contribution in [2.45, 2.75) is 20.3 Å². The standard InChI is InChI=1S/C11H14N4O/c1-4-9-5-12-10(11(14-9)16-3)15-6-8(2)13-7-15/h5-7H,4H2,1-3H3. The van der Waals surface area contributed by atoms with E-state index < -0.39 is 0 Å². The van der Waals surface area contributed by atoms with Crippen LogP contribution in [0.1, 0.15) is 18.3 Å². The van der Waals surface area contributed by atoms with Crippen molar-refractivity contribution in [1.29, 1.82) is 0 Å². The lowest BCUT2D eigenvalue weighted by atomic mass is 10.3. The van der Waals surface area contributed by atoms with Gasteiger partial charge >= 0.3 is 0 Å². The molecule has 2 aromatic rings. The molecule has 0 aliphatic heterocycles. The molecule has 0 atom stereocenters. The Morgan fingerprint density at radius 3 is 2.75 bits per heavy atom. The van der Waals surface area contributed by atoms with E-state index in [9.17, 15) is 0 Å². The van der Waals surface area contributed by atoms with Crippen LogP contribution in [-0.4, -0.2) is 26.6 Å². The first-order valence-electron chi connectivity index (χ1n) is 5.15. The maximum Gasteiger partial charge on any atom is 0.258 e. The average Bonchev–Trinajstić information content (AvgIpc) is 2.74. The zero-order valence-corrected chi connectivity index (χ0v) is 9.64. The zero-order valence-electron chi connectivity index (χ0n) is 9.64. The Morgan fingerprint density at radius 1 is 1.38 bits per heavy atom. The molecular weight excluding hydrogens is 204 g/mol. The summed E-state index contributed by atoms with van der Waals surface area (Å²) in [6.07, 6.45) is 6.19. The van der Waals surface area contributed by atoms with Gasteiger partial charge in [0.25, 0.3) is 5.88 Å². The minimum atomic E-state index is 0.525. The molecule has 2 rings (SSSR count). The number of methoxy groups -OCH3 is 1. The summed E-state index contributed by atoms with van der Waals surface area (Å²) in [6, 6.07) is 0. The van der Waals surface area contributed by atoms with E-state index in [0.717, 1.165) is 17.8 Å². The smallest absolute Gasteiger partial charge is 0.258 e. The van der Waals surface area contributed by atoms with Crippen LogP contribution in [0, 0.1) is 6.92 Å². The summed E-state index contributed by atoms with van der Waals surface area (Å²) in [6.45, 7) is 3.96. The van der Waals surface area contributed by atoms with Gasteiger partial charge in [0.15, 0.2) is 0 Å². The molecule has 0 spiro atoms. The Balaban J connectivity index is 2.48. The number of ether oxygens (including phenoxy) is 1. The Labute approximate surface area is 94.1 Å². The number of aromatic nitrogens is 4. The Morgan fingerprint density at radius 2 is 2.19 bits per heavy atom. The van der Waals surface area contributed by atoms with Crippen LogP contribution in [0.5, 0.6) is 5.88 Å². The fraction of sp³-hybridized carbons (Fsp3) is 0.364. The summed E-state index contributed by atoms with van der Waals surface area (Å²) in [4.78, 5) is 12.9. The van der Waals surface area contributed by atoms with Gasteiger partial charge in [-0.15, -0.1) is 0 Å². The third-order valence-electron chi connectivity index (χ3n) is 2.28. The monoisotopic (exact) mass is 218 g/mol. The highest BCUT2D eigenvalue weighted by atomic mass is 16.5. The fourth-order valence-electron chi connectivity index (χ4n) is 1.42. The van der Waals surface area contributed by atoms with Gasteiger partial charge in [-0.2, -0.15) is 0 Å². The second-order valence-corrected chi connectivity index (χ2v) is 3.47. The highest BCUT2D eigenvalue weighted by Crippen LogP contribution is 2.17. The molecule has 0 bridgehead atoms. The van der Waals surface area contributed by atoms with E-state index in [4.69, 9.17) is 4.74 Å². The molecule has 0 saturated carbocycles. The van der Waals surface area contributed by atoms with Crippen LogP contribution >= 0.6 is 0 Å². The molecule has 0 aliphatic rings. The van der Waals surface area contributed by atoms with E-state index in [1.165, 1.54) is 0 Å². The van der Waals surface area contributed by atoms with Gasteiger partial charge < -0.3 is 4.74 Å². The SMILES string of the molecule is CCc1cnc(-n2cnc(C)c2)c(OC)n1. The van der Waals surface area contributed by atoms with E-state index in [1.807, 2.05) is 20.0 Å². The second kappa shape index (κ2) is 4.30. The van der Waals surface area contributed by atoms with Crippen LogP contribution in [0.15, 0.2) is 18.7 Å². The van der Waals surface area contributed by atoms with E-state index >= 15 is 0 Å². The molecule has 0 aliphatic carbocycles. The van der Waals surface area contributed by atoms with Gasteiger partial charge in [0.2, 0.25) is 5.82 Å². The molecule has 0 saturated heterocycles. The minimum absolute atomic E-state index is 0.525. The molecule has 5 heteroatoms. The maximum atomic E-state index is 5.23. The number of imidazole rings is 1. The van der Waals surface area contributed by atoms with Crippen molar-refractivity contribution in [2.75, 3.05) is 7.11 Å². The van der Waals surface area contributed by atoms with E-state index in [-0.39, 0.29) is 0 Å². The molecule has 0 unspecified atom stereocenters. The van der Waals surface area contributed by atoms with E-state index in [2.05, 4.69) is 15.0 Å². The highest BCUT2D eigenvalue weighted by molar-refractivity contribution is 5.35. The largest absolute Gasteiger partial charge is 0.478 e. The lowest BCUT2D eigenvalue weighted by Crippen LogP contribution is -2.03. The number of nitrogens with zero attached hydrogens (tertiary/aromatic N) is 4. The third-order valence-corrected chi connectivity index (χ3v) is 2.28. The van der Waals surface area contributed by atoms with Gasteiger partial charge in [0.1, 0.15) is 6.33 Å². The summed E-state index contributed by atoms with van der Waals surface area (Å²) >= 11 is 0. The summed E-state index contributed by atoms with van der Waals surface area (Å²) in [7, 11) is 1.59. The number of rotatable bonds is 3. The van der Waals surface area contributed by atoms with E-state index in [1.54, 1.807) is 24.2 Å². The summed E-state index contributed by atoms with van der Waals surface area (Å²) < 4.78 is 7.04. The average molecular weight is 218 g/mol. The molecule has 0 N–H and O–H groups in total. The molecular formula is C11H14N4O. The van der Waals surface area contributed by atoms with Crippen LogP contribution in [0.4, 0.5) is 0 Å². The molecule has 2 heterocycles. The van der Waals surface area contributed by atoms with Gasteiger partial charge in [0.05, 0.1) is 24.7 Å². The van der Waals surface area contributed by atoms with E-state index in [0.29, 0.717) is 11.7 Å². The summed E-state index contributed by atoms with van der Waals surface area (Å²) in [5.74, 6) is 1.19. The molecule has 0 fully saturated rings. The third kappa shape index (κ3) is 1.88. The van der Waals surface area contributed by atoms with Crippen molar-refractivity contribution in [3.8, 4) is 11.7 Å². The summed E-state index contributed by atoms with van der Waals surface area (Å²) in [5.41, 5.74) is 1.85. The molecule has 84 valence electrons. The molecule has 0 aromatic carbocycles. The van der Waals surface area contributed by atoms with Crippen molar-refractivity contribution < 1.29 is 4.74 Å². The lowest BCUT2D eigenvalue weighted by molar-refractivity contribution is 0.391. The van der Waals surface area contributed by atoms with Gasteiger partial charge in [-0.3, -0.25) is 4.57 Å². The van der Waals surface area contributed by atoms with Crippen LogP contribution in [0.3, 0.4) is 0 Å². The van der Waals surface area contributed by atoms with Crippen molar-refractivity contribution in [1.82, 2.24) is 19.5 Å². The van der Waals surface area contributed by atoms with Crippen LogP contribution in [0.2, 0.25) is 0 Å². The van der Waals surface area contributed by atoms with Crippen LogP contribution < -0.4 is 4.74 Å². The van der Waals surface area contributed by atoms with Gasteiger partial charge in [-0.25, -0.2) is 15.0 Å². The number of hydrogen-bond donors (Lipinski definition) is 0. The molecule has 0 amide bonds. The Kier molecular flexibility index (Phi) is 2.85. The molecule has 2 aromatic heterocycles. The van der Waals surface area contributed by atoms with Crippen molar-refractivity contribution >= 4 is 0 Å².